The van der Waals surface area contributed by atoms with Crippen LogP contribution in [0.1, 0.15) is 12.8 Å². The van der Waals surface area contributed by atoms with Crippen molar-refractivity contribution in [1.29, 1.82) is 0 Å². The lowest BCUT2D eigenvalue weighted by atomic mass is 10.2. The number of benzene rings is 1. The molecule has 1 aromatic carbocycles. The SMILES string of the molecule is Nc1cccc(Nc2cc(NC3CC3)c3ncc(N)n3n2)c1F. The predicted octanol–water partition coefficient (Wildman–Crippen LogP) is 2.35. The zero-order valence-corrected chi connectivity index (χ0v) is 12.3. The Balaban J connectivity index is 1.76. The van der Waals surface area contributed by atoms with Gasteiger partial charge in [0.2, 0.25) is 0 Å². The maximum Gasteiger partial charge on any atom is 0.179 e. The molecule has 8 heteroatoms. The molecule has 7 nitrogen and oxygen atoms in total. The van der Waals surface area contributed by atoms with Crippen LogP contribution < -0.4 is 22.1 Å². The van der Waals surface area contributed by atoms with Gasteiger partial charge in [0, 0.05) is 12.1 Å². The summed E-state index contributed by atoms with van der Waals surface area (Å²) in [5.41, 5.74) is 13.3. The lowest BCUT2D eigenvalue weighted by Crippen LogP contribution is -2.08. The van der Waals surface area contributed by atoms with Crippen molar-refractivity contribution in [3.05, 3.63) is 36.3 Å². The minimum absolute atomic E-state index is 0.0783. The third-order valence-electron chi connectivity index (χ3n) is 3.72. The lowest BCUT2D eigenvalue weighted by molar-refractivity contribution is 0.636. The average molecular weight is 313 g/mol. The molecule has 0 bridgehead atoms. The molecule has 0 radical (unpaired) electrons. The average Bonchev–Trinajstić information content (AvgIpc) is 3.27. The molecule has 4 rings (SSSR count). The minimum atomic E-state index is -0.510. The first-order chi connectivity index (χ1) is 11.1. The molecule has 0 spiro atoms. The number of aromatic nitrogens is 3. The molecule has 1 fully saturated rings. The second-order valence-electron chi connectivity index (χ2n) is 5.61. The third-order valence-corrected chi connectivity index (χ3v) is 3.72. The monoisotopic (exact) mass is 313 g/mol. The van der Waals surface area contributed by atoms with E-state index in [9.17, 15) is 4.39 Å². The highest BCUT2D eigenvalue weighted by Crippen LogP contribution is 2.30. The van der Waals surface area contributed by atoms with Crippen LogP contribution in [0, 0.1) is 5.82 Å². The summed E-state index contributed by atoms with van der Waals surface area (Å²) in [6.45, 7) is 0. The molecule has 1 aliphatic carbocycles. The number of hydrogen-bond donors (Lipinski definition) is 4. The Hall–Kier alpha value is -3.03. The van der Waals surface area contributed by atoms with Crippen molar-refractivity contribution in [3.8, 4) is 0 Å². The molecular formula is C15H16FN7. The summed E-state index contributed by atoms with van der Waals surface area (Å²) in [5.74, 6) is 0.357. The van der Waals surface area contributed by atoms with E-state index in [-0.39, 0.29) is 11.4 Å². The number of hydrogen-bond acceptors (Lipinski definition) is 6. The summed E-state index contributed by atoms with van der Waals surface area (Å²) < 4.78 is 15.6. The van der Waals surface area contributed by atoms with Crippen molar-refractivity contribution >= 4 is 34.3 Å². The number of nitrogens with one attached hydrogen (secondary N) is 2. The zero-order chi connectivity index (χ0) is 16.0. The van der Waals surface area contributed by atoms with Gasteiger partial charge in [0.05, 0.1) is 23.3 Å². The van der Waals surface area contributed by atoms with Crippen LogP contribution in [-0.2, 0) is 0 Å². The molecule has 2 heterocycles. The van der Waals surface area contributed by atoms with Crippen molar-refractivity contribution < 1.29 is 4.39 Å². The number of halogens is 1. The maximum absolute atomic E-state index is 14.1. The number of anilines is 5. The van der Waals surface area contributed by atoms with Crippen molar-refractivity contribution in [2.75, 3.05) is 22.1 Å². The van der Waals surface area contributed by atoms with Gasteiger partial charge >= 0.3 is 0 Å². The summed E-state index contributed by atoms with van der Waals surface area (Å²) in [6, 6.07) is 7.02. The Morgan fingerprint density at radius 1 is 1.22 bits per heavy atom. The molecule has 0 saturated heterocycles. The third kappa shape index (κ3) is 2.48. The van der Waals surface area contributed by atoms with Gasteiger partial charge in [-0.2, -0.15) is 4.52 Å². The summed E-state index contributed by atoms with van der Waals surface area (Å²) in [5, 5.41) is 10.7. The van der Waals surface area contributed by atoms with E-state index in [1.807, 2.05) is 0 Å². The van der Waals surface area contributed by atoms with E-state index in [4.69, 9.17) is 11.5 Å². The van der Waals surface area contributed by atoms with Gasteiger partial charge < -0.3 is 22.1 Å². The molecule has 0 unspecified atom stereocenters. The highest BCUT2D eigenvalue weighted by Gasteiger charge is 2.23. The fraction of sp³-hybridized carbons (Fsp3) is 0.200. The quantitative estimate of drug-likeness (QED) is 0.551. The first-order valence-electron chi connectivity index (χ1n) is 7.33. The van der Waals surface area contributed by atoms with Gasteiger partial charge in [0.15, 0.2) is 17.3 Å². The molecular weight excluding hydrogens is 297 g/mol. The standard InChI is InChI=1S/C15H16FN7/c16-14-9(17)2-1-3-10(14)21-13-6-11(20-8-4-5-8)15-19-7-12(18)23(15)22-13/h1-3,6-8,20H,4-5,17-18H2,(H,21,22). The van der Waals surface area contributed by atoms with Crippen molar-refractivity contribution in [3.63, 3.8) is 0 Å². The Labute approximate surface area is 131 Å². The lowest BCUT2D eigenvalue weighted by Gasteiger charge is -2.12. The van der Waals surface area contributed by atoms with Gasteiger partial charge in [-0.3, -0.25) is 0 Å². The smallest absolute Gasteiger partial charge is 0.179 e. The van der Waals surface area contributed by atoms with E-state index < -0.39 is 5.82 Å². The molecule has 6 N–H and O–H groups in total. The normalized spacial score (nSPS) is 14.1. The summed E-state index contributed by atoms with van der Waals surface area (Å²) in [7, 11) is 0. The molecule has 23 heavy (non-hydrogen) atoms. The fourth-order valence-corrected chi connectivity index (χ4v) is 2.38. The Kier molecular flexibility index (Phi) is 2.97. The fourth-order valence-electron chi connectivity index (χ4n) is 2.38. The van der Waals surface area contributed by atoms with Crippen molar-refractivity contribution in [2.45, 2.75) is 18.9 Å². The Bertz CT molecular complexity index is 885. The van der Waals surface area contributed by atoms with E-state index >= 15 is 0 Å². The Morgan fingerprint density at radius 3 is 2.83 bits per heavy atom. The maximum atomic E-state index is 14.1. The number of nitrogens with zero attached hydrogens (tertiary/aromatic N) is 3. The van der Waals surface area contributed by atoms with Crippen molar-refractivity contribution in [1.82, 2.24) is 14.6 Å². The van der Waals surface area contributed by atoms with Gasteiger partial charge in [-0.25, -0.2) is 9.37 Å². The van der Waals surface area contributed by atoms with Crippen LogP contribution in [0.25, 0.3) is 5.65 Å². The molecule has 0 amide bonds. The van der Waals surface area contributed by atoms with Crippen LogP contribution in [0.2, 0.25) is 0 Å². The summed E-state index contributed by atoms with van der Waals surface area (Å²) in [6.07, 6.45) is 3.79. The van der Waals surface area contributed by atoms with Crippen LogP contribution in [0.4, 0.5) is 33.1 Å². The number of fused-ring (bicyclic) bond motifs is 1. The largest absolute Gasteiger partial charge is 0.396 e. The van der Waals surface area contributed by atoms with Gasteiger partial charge in [-0.05, 0) is 25.0 Å². The molecule has 1 saturated carbocycles. The Morgan fingerprint density at radius 2 is 2.04 bits per heavy atom. The number of imidazole rings is 1. The molecule has 3 aromatic rings. The van der Waals surface area contributed by atoms with E-state index in [0.717, 1.165) is 18.5 Å². The second-order valence-corrected chi connectivity index (χ2v) is 5.61. The van der Waals surface area contributed by atoms with Crippen LogP contribution >= 0.6 is 0 Å². The van der Waals surface area contributed by atoms with Gasteiger partial charge in [-0.15, -0.1) is 5.10 Å². The van der Waals surface area contributed by atoms with Crippen LogP contribution in [0.15, 0.2) is 30.5 Å². The molecule has 0 atom stereocenters. The van der Waals surface area contributed by atoms with Crippen molar-refractivity contribution in [2.24, 2.45) is 0 Å². The van der Waals surface area contributed by atoms with Gasteiger partial charge in [0.25, 0.3) is 0 Å². The molecule has 2 aromatic heterocycles. The second kappa shape index (κ2) is 5.01. The van der Waals surface area contributed by atoms with Crippen LogP contribution in [0.5, 0.6) is 0 Å². The topological polar surface area (TPSA) is 106 Å². The van der Waals surface area contributed by atoms with Gasteiger partial charge in [0.1, 0.15) is 5.82 Å². The predicted molar refractivity (Wildman–Crippen MR) is 88.1 cm³/mol. The first-order valence-corrected chi connectivity index (χ1v) is 7.33. The zero-order valence-electron chi connectivity index (χ0n) is 12.3. The van der Waals surface area contributed by atoms with E-state index in [2.05, 4.69) is 20.7 Å². The van der Waals surface area contributed by atoms with E-state index in [1.165, 1.54) is 10.6 Å². The van der Waals surface area contributed by atoms with Gasteiger partial charge in [-0.1, -0.05) is 6.07 Å². The summed E-state index contributed by atoms with van der Waals surface area (Å²) in [4.78, 5) is 4.27. The number of nitrogen functional groups attached to an aromatic ring is 2. The van der Waals surface area contributed by atoms with Crippen LogP contribution in [-0.4, -0.2) is 20.6 Å². The number of rotatable bonds is 4. The first kappa shape index (κ1) is 13.6. The van der Waals surface area contributed by atoms with E-state index in [0.29, 0.717) is 23.3 Å². The highest BCUT2D eigenvalue weighted by atomic mass is 19.1. The molecule has 0 aliphatic heterocycles. The summed E-state index contributed by atoms with van der Waals surface area (Å²) >= 11 is 0. The highest BCUT2D eigenvalue weighted by molar-refractivity contribution is 5.75. The molecule has 118 valence electrons. The number of nitrogens with two attached hydrogens (primary N) is 2. The van der Waals surface area contributed by atoms with Crippen LogP contribution in [0.3, 0.4) is 0 Å². The molecule has 1 aliphatic rings. The minimum Gasteiger partial charge on any atom is -0.396 e. The van der Waals surface area contributed by atoms with E-state index in [1.54, 1.807) is 24.4 Å².